The quantitative estimate of drug-likeness (QED) is 0.741. The highest BCUT2D eigenvalue weighted by Crippen LogP contribution is 2.12. The summed E-state index contributed by atoms with van der Waals surface area (Å²) in [5, 5.41) is 4.44. The number of thiophene rings is 1. The van der Waals surface area contributed by atoms with E-state index in [0.29, 0.717) is 20.8 Å². The molecule has 3 aromatic heterocycles. The topological polar surface area (TPSA) is 96.8 Å². The van der Waals surface area contributed by atoms with Crippen molar-refractivity contribution in [3.8, 4) is 0 Å². The summed E-state index contributed by atoms with van der Waals surface area (Å²) in [7, 11) is 0. The molecule has 7 nitrogen and oxygen atoms in total. The summed E-state index contributed by atoms with van der Waals surface area (Å²) in [6.07, 6.45) is 0. The van der Waals surface area contributed by atoms with E-state index in [9.17, 15) is 14.4 Å². The van der Waals surface area contributed by atoms with Crippen LogP contribution in [-0.2, 0) is 6.54 Å². The van der Waals surface area contributed by atoms with Crippen LogP contribution < -0.4 is 16.6 Å². The summed E-state index contributed by atoms with van der Waals surface area (Å²) in [6.45, 7) is 2.06. The van der Waals surface area contributed by atoms with Crippen LogP contribution in [0.15, 0.2) is 26.5 Å². The van der Waals surface area contributed by atoms with E-state index < -0.39 is 5.69 Å². The molecule has 114 valence electrons. The molecule has 3 aromatic rings. The van der Waals surface area contributed by atoms with Crippen LogP contribution in [0.3, 0.4) is 0 Å². The fraction of sp³-hybridized carbons (Fsp3) is 0.231. The number of nitrogens with zero attached hydrogens (tertiary/aromatic N) is 2. The monoisotopic (exact) mass is 336 g/mol. The molecular formula is C13H12N4O3S2. The van der Waals surface area contributed by atoms with Crippen LogP contribution in [-0.4, -0.2) is 27.0 Å². The molecule has 3 heterocycles. The molecule has 2 N–H and O–H groups in total. The first kappa shape index (κ1) is 14.7. The van der Waals surface area contributed by atoms with Crippen LogP contribution in [0.25, 0.3) is 10.2 Å². The maximum Gasteiger partial charge on any atom is 0.328 e. The molecule has 3 rings (SSSR count). The summed E-state index contributed by atoms with van der Waals surface area (Å²) >= 11 is 2.53. The Balaban J connectivity index is 1.75. The van der Waals surface area contributed by atoms with Crippen LogP contribution >= 0.6 is 22.7 Å². The molecule has 0 saturated carbocycles. The molecule has 0 spiro atoms. The van der Waals surface area contributed by atoms with E-state index in [1.165, 1.54) is 22.7 Å². The van der Waals surface area contributed by atoms with Crippen molar-refractivity contribution in [2.45, 2.75) is 13.5 Å². The van der Waals surface area contributed by atoms with Gasteiger partial charge in [0.1, 0.15) is 9.58 Å². The second-order valence-electron chi connectivity index (χ2n) is 4.57. The zero-order chi connectivity index (χ0) is 15.7. The van der Waals surface area contributed by atoms with Gasteiger partial charge >= 0.3 is 5.69 Å². The number of carbonyl (C=O) groups is 1. The fourth-order valence-electron chi connectivity index (χ4n) is 2.06. The van der Waals surface area contributed by atoms with Gasteiger partial charge in [0.05, 0.1) is 16.7 Å². The number of fused-ring (bicyclic) bond motifs is 1. The van der Waals surface area contributed by atoms with Gasteiger partial charge < -0.3 is 10.3 Å². The van der Waals surface area contributed by atoms with Crippen molar-refractivity contribution in [1.29, 1.82) is 0 Å². The molecule has 0 aliphatic carbocycles. The minimum atomic E-state index is -0.473. The van der Waals surface area contributed by atoms with E-state index in [2.05, 4.69) is 15.3 Å². The minimum Gasteiger partial charge on any atom is -0.349 e. The lowest BCUT2D eigenvalue weighted by Gasteiger charge is -2.06. The summed E-state index contributed by atoms with van der Waals surface area (Å²) in [6, 6.07) is 1.70. The van der Waals surface area contributed by atoms with Gasteiger partial charge in [0.2, 0.25) is 0 Å². The first-order chi connectivity index (χ1) is 10.6. The Bertz CT molecular complexity index is 950. The Morgan fingerprint density at radius 2 is 2.23 bits per heavy atom. The standard InChI is InChI=1S/C13H12N4O3S2/c1-7-9(22-6-15-7)11(18)14-3-4-17-12(19)10-8(2-5-21-10)16-13(17)20/h2,5-6H,3-4H2,1H3,(H,14,18)(H,16,20). The van der Waals surface area contributed by atoms with Crippen LogP contribution in [0.4, 0.5) is 0 Å². The van der Waals surface area contributed by atoms with Gasteiger partial charge in [-0.05, 0) is 18.4 Å². The number of amides is 1. The number of carbonyl (C=O) groups excluding carboxylic acids is 1. The number of rotatable bonds is 4. The Hall–Kier alpha value is -2.26. The number of hydrogen-bond acceptors (Lipinski definition) is 6. The second kappa shape index (κ2) is 5.85. The first-order valence-electron chi connectivity index (χ1n) is 6.46. The van der Waals surface area contributed by atoms with E-state index >= 15 is 0 Å². The van der Waals surface area contributed by atoms with Gasteiger partial charge in [-0.2, -0.15) is 0 Å². The molecule has 22 heavy (non-hydrogen) atoms. The maximum atomic E-state index is 12.2. The van der Waals surface area contributed by atoms with Gasteiger partial charge in [0.15, 0.2) is 0 Å². The van der Waals surface area contributed by atoms with Gasteiger partial charge in [-0.25, -0.2) is 9.78 Å². The van der Waals surface area contributed by atoms with Crippen LogP contribution in [0.1, 0.15) is 15.4 Å². The minimum absolute atomic E-state index is 0.117. The van der Waals surface area contributed by atoms with Crippen LogP contribution in [0.5, 0.6) is 0 Å². The highest BCUT2D eigenvalue weighted by atomic mass is 32.1. The molecular weight excluding hydrogens is 324 g/mol. The van der Waals surface area contributed by atoms with Gasteiger partial charge in [0.25, 0.3) is 11.5 Å². The number of aromatic amines is 1. The lowest BCUT2D eigenvalue weighted by molar-refractivity contribution is 0.0955. The molecule has 0 radical (unpaired) electrons. The third-order valence-corrected chi connectivity index (χ3v) is 4.99. The lowest BCUT2D eigenvalue weighted by Crippen LogP contribution is -2.38. The van der Waals surface area contributed by atoms with Crippen LogP contribution in [0, 0.1) is 6.92 Å². The SMILES string of the molecule is Cc1ncsc1C(=O)NCCn1c(=O)[nH]c2ccsc2c1=O. The predicted molar refractivity (Wildman–Crippen MR) is 85.9 cm³/mol. The molecule has 0 fully saturated rings. The number of nitrogens with one attached hydrogen (secondary N) is 2. The number of hydrogen-bond donors (Lipinski definition) is 2. The molecule has 0 aromatic carbocycles. The summed E-state index contributed by atoms with van der Waals surface area (Å²) in [5.74, 6) is -0.248. The molecule has 0 unspecified atom stereocenters. The normalized spacial score (nSPS) is 11.0. The average molecular weight is 336 g/mol. The number of aryl methyl sites for hydroxylation is 1. The zero-order valence-corrected chi connectivity index (χ0v) is 13.2. The molecule has 0 saturated heterocycles. The first-order valence-corrected chi connectivity index (χ1v) is 8.22. The Labute approximate surface area is 132 Å². The summed E-state index contributed by atoms with van der Waals surface area (Å²) in [4.78, 5) is 43.2. The predicted octanol–water partition coefficient (Wildman–Crippen LogP) is 0.946. The van der Waals surface area contributed by atoms with E-state index in [0.717, 1.165) is 4.57 Å². The van der Waals surface area contributed by atoms with Gasteiger partial charge in [-0.15, -0.1) is 22.7 Å². The van der Waals surface area contributed by atoms with E-state index in [1.54, 1.807) is 23.9 Å². The molecule has 0 atom stereocenters. The van der Waals surface area contributed by atoms with E-state index in [1.807, 2.05) is 0 Å². The van der Waals surface area contributed by atoms with E-state index in [-0.39, 0.29) is 24.6 Å². The van der Waals surface area contributed by atoms with Crippen LogP contribution in [0.2, 0.25) is 0 Å². The zero-order valence-electron chi connectivity index (χ0n) is 11.6. The largest absolute Gasteiger partial charge is 0.349 e. The highest BCUT2D eigenvalue weighted by Gasteiger charge is 2.12. The summed E-state index contributed by atoms with van der Waals surface area (Å²) in [5.41, 5.74) is 2.00. The lowest BCUT2D eigenvalue weighted by atomic mass is 10.4. The Kier molecular flexibility index (Phi) is 3.90. The van der Waals surface area contributed by atoms with Crippen molar-refractivity contribution in [2.24, 2.45) is 0 Å². The third kappa shape index (κ3) is 2.60. The van der Waals surface area contributed by atoms with Crippen molar-refractivity contribution >= 4 is 38.8 Å². The highest BCUT2D eigenvalue weighted by molar-refractivity contribution is 7.17. The summed E-state index contributed by atoms with van der Waals surface area (Å²) < 4.78 is 1.60. The van der Waals surface area contributed by atoms with Crippen molar-refractivity contribution in [3.05, 3.63) is 48.4 Å². The number of aromatic nitrogens is 3. The molecule has 0 aliphatic heterocycles. The smallest absolute Gasteiger partial charge is 0.328 e. The molecule has 0 aliphatic rings. The van der Waals surface area contributed by atoms with Gasteiger partial charge in [-0.1, -0.05) is 0 Å². The maximum absolute atomic E-state index is 12.2. The third-order valence-electron chi connectivity index (χ3n) is 3.16. The van der Waals surface area contributed by atoms with Crippen molar-refractivity contribution in [2.75, 3.05) is 6.54 Å². The van der Waals surface area contributed by atoms with Crippen molar-refractivity contribution < 1.29 is 4.79 Å². The van der Waals surface area contributed by atoms with Gasteiger partial charge in [-0.3, -0.25) is 14.2 Å². The molecule has 9 heteroatoms. The fourth-order valence-corrected chi connectivity index (χ4v) is 3.57. The van der Waals surface area contributed by atoms with Crippen molar-refractivity contribution in [3.63, 3.8) is 0 Å². The van der Waals surface area contributed by atoms with Gasteiger partial charge in [0, 0.05) is 13.1 Å². The Morgan fingerprint density at radius 1 is 1.41 bits per heavy atom. The van der Waals surface area contributed by atoms with Crippen molar-refractivity contribution in [1.82, 2.24) is 19.9 Å². The van der Waals surface area contributed by atoms with E-state index in [4.69, 9.17) is 0 Å². The average Bonchev–Trinajstić information content (AvgIpc) is 3.10. The number of thiazole rings is 1. The number of H-pyrrole nitrogens is 1. The molecule has 0 bridgehead atoms. The Morgan fingerprint density at radius 3 is 2.95 bits per heavy atom. The second-order valence-corrected chi connectivity index (χ2v) is 6.34. The molecule has 1 amide bonds.